The van der Waals surface area contributed by atoms with Crippen molar-refractivity contribution < 1.29 is 4.79 Å². The van der Waals surface area contributed by atoms with Gasteiger partial charge < -0.3 is 15.5 Å². The highest BCUT2D eigenvalue weighted by molar-refractivity contribution is 6.00. The van der Waals surface area contributed by atoms with Crippen LogP contribution in [0.1, 0.15) is 29.6 Å². The number of nitrogens with zero attached hydrogens (tertiary/aromatic N) is 2. The Labute approximate surface area is 120 Å². The van der Waals surface area contributed by atoms with Gasteiger partial charge in [0, 0.05) is 38.6 Å². The average Bonchev–Trinajstić information content (AvgIpc) is 2.97. The molecule has 1 heterocycles. The van der Waals surface area contributed by atoms with Gasteiger partial charge in [-0.15, -0.1) is 0 Å². The van der Waals surface area contributed by atoms with Crippen LogP contribution in [0.5, 0.6) is 0 Å². The summed E-state index contributed by atoms with van der Waals surface area (Å²) in [5.74, 6) is 1.58. The number of nitrogens with two attached hydrogens (primary N) is 1. The van der Waals surface area contributed by atoms with E-state index in [9.17, 15) is 4.79 Å². The molecule has 1 aliphatic heterocycles. The first-order chi connectivity index (χ1) is 9.56. The molecule has 2 N–H and O–H groups in total. The minimum Gasteiger partial charge on any atom is -0.399 e. The van der Waals surface area contributed by atoms with E-state index >= 15 is 0 Å². The number of anilines is 2. The lowest BCUT2D eigenvalue weighted by Crippen LogP contribution is -2.31. The van der Waals surface area contributed by atoms with Crippen molar-refractivity contribution in [2.45, 2.75) is 19.3 Å². The van der Waals surface area contributed by atoms with Crippen molar-refractivity contribution in [2.24, 2.45) is 11.8 Å². The maximum atomic E-state index is 12.8. The van der Waals surface area contributed by atoms with Crippen LogP contribution in [0.4, 0.5) is 11.4 Å². The molecule has 0 spiro atoms. The van der Waals surface area contributed by atoms with E-state index in [1.165, 1.54) is 19.3 Å². The fraction of sp³-hybridized carbons (Fsp3) is 0.562. The highest BCUT2D eigenvalue weighted by Gasteiger charge is 2.38. The average molecular weight is 273 g/mol. The minimum atomic E-state index is 0.135. The molecule has 1 amide bonds. The molecule has 1 aliphatic carbocycles. The summed E-state index contributed by atoms with van der Waals surface area (Å²) >= 11 is 0. The normalized spacial score (nSPS) is 24.8. The van der Waals surface area contributed by atoms with Crippen LogP contribution in [0.2, 0.25) is 0 Å². The van der Waals surface area contributed by atoms with Gasteiger partial charge in [0.1, 0.15) is 0 Å². The van der Waals surface area contributed by atoms with Crippen LogP contribution in [0.25, 0.3) is 0 Å². The van der Waals surface area contributed by atoms with Crippen LogP contribution in [-0.4, -0.2) is 38.0 Å². The van der Waals surface area contributed by atoms with Gasteiger partial charge in [0.05, 0.1) is 5.56 Å². The summed E-state index contributed by atoms with van der Waals surface area (Å²) in [6.07, 6.45) is 3.90. The van der Waals surface area contributed by atoms with Gasteiger partial charge in [-0.05, 0) is 42.9 Å². The second kappa shape index (κ2) is 5.00. The van der Waals surface area contributed by atoms with E-state index in [0.29, 0.717) is 5.69 Å². The van der Waals surface area contributed by atoms with Crippen molar-refractivity contribution in [1.82, 2.24) is 4.90 Å². The predicted molar refractivity (Wildman–Crippen MR) is 81.9 cm³/mol. The largest absolute Gasteiger partial charge is 0.399 e. The standard InChI is InChI=1S/C16H23N3O/c1-18(2)15-7-6-13(17)8-14(15)16(20)19-9-11-4-3-5-12(11)10-19/h6-8,11-12H,3-5,9-10,17H2,1-2H3. The van der Waals surface area contributed by atoms with Crippen molar-refractivity contribution in [1.29, 1.82) is 0 Å². The Hall–Kier alpha value is -1.71. The summed E-state index contributed by atoms with van der Waals surface area (Å²) in [6, 6.07) is 5.59. The molecule has 1 aromatic carbocycles. The zero-order valence-corrected chi connectivity index (χ0v) is 12.3. The number of fused-ring (bicyclic) bond motifs is 1. The topological polar surface area (TPSA) is 49.6 Å². The molecule has 4 nitrogen and oxygen atoms in total. The molecule has 1 aromatic rings. The molecule has 2 unspecified atom stereocenters. The SMILES string of the molecule is CN(C)c1ccc(N)cc1C(=O)N1CC2CCCC2C1. The third-order valence-corrected chi connectivity index (χ3v) is 4.75. The van der Waals surface area contributed by atoms with Gasteiger partial charge in [-0.1, -0.05) is 6.42 Å². The molecule has 2 aliphatic rings. The van der Waals surface area contributed by atoms with Crippen LogP contribution in [0.3, 0.4) is 0 Å². The number of hydrogen-bond donors (Lipinski definition) is 1. The van der Waals surface area contributed by atoms with Crippen LogP contribution >= 0.6 is 0 Å². The first-order valence-corrected chi connectivity index (χ1v) is 7.42. The van der Waals surface area contributed by atoms with E-state index in [2.05, 4.69) is 0 Å². The van der Waals surface area contributed by atoms with Gasteiger partial charge in [-0.2, -0.15) is 0 Å². The highest BCUT2D eigenvalue weighted by atomic mass is 16.2. The van der Waals surface area contributed by atoms with E-state index in [4.69, 9.17) is 5.73 Å². The molecule has 20 heavy (non-hydrogen) atoms. The molecule has 3 rings (SSSR count). The molecule has 0 aromatic heterocycles. The number of rotatable bonds is 2. The first-order valence-electron chi connectivity index (χ1n) is 7.42. The van der Waals surface area contributed by atoms with Gasteiger partial charge in [0.2, 0.25) is 0 Å². The van der Waals surface area contributed by atoms with Crippen molar-refractivity contribution >= 4 is 17.3 Å². The number of benzene rings is 1. The second-order valence-electron chi connectivity index (χ2n) is 6.33. The molecule has 1 saturated heterocycles. The van der Waals surface area contributed by atoms with Gasteiger partial charge in [-0.3, -0.25) is 4.79 Å². The molecule has 2 fully saturated rings. The Morgan fingerprint density at radius 1 is 1.25 bits per heavy atom. The number of carbonyl (C=O) groups excluding carboxylic acids is 1. The van der Waals surface area contributed by atoms with Crippen molar-refractivity contribution in [3.8, 4) is 0 Å². The summed E-state index contributed by atoms with van der Waals surface area (Å²) in [5.41, 5.74) is 8.20. The number of nitrogen functional groups attached to an aromatic ring is 1. The third kappa shape index (κ3) is 2.23. The second-order valence-corrected chi connectivity index (χ2v) is 6.33. The van der Waals surface area contributed by atoms with Crippen molar-refractivity contribution in [3.05, 3.63) is 23.8 Å². The summed E-state index contributed by atoms with van der Waals surface area (Å²) in [5, 5.41) is 0. The van der Waals surface area contributed by atoms with E-state index in [1.54, 1.807) is 0 Å². The molecule has 2 atom stereocenters. The number of hydrogen-bond acceptors (Lipinski definition) is 3. The van der Waals surface area contributed by atoms with Crippen molar-refractivity contribution in [3.63, 3.8) is 0 Å². The van der Waals surface area contributed by atoms with Crippen LogP contribution in [0, 0.1) is 11.8 Å². The quantitative estimate of drug-likeness (QED) is 0.840. The van der Waals surface area contributed by atoms with Crippen LogP contribution in [-0.2, 0) is 0 Å². The fourth-order valence-corrected chi connectivity index (χ4v) is 3.69. The Morgan fingerprint density at radius 2 is 1.90 bits per heavy atom. The van der Waals surface area contributed by atoms with Gasteiger partial charge in [0.15, 0.2) is 0 Å². The van der Waals surface area contributed by atoms with E-state index in [0.717, 1.165) is 36.2 Å². The number of amides is 1. The van der Waals surface area contributed by atoms with Crippen LogP contribution in [0.15, 0.2) is 18.2 Å². The van der Waals surface area contributed by atoms with Gasteiger partial charge in [-0.25, -0.2) is 0 Å². The zero-order valence-electron chi connectivity index (χ0n) is 12.3. The van der Waals surface area contributed by atoms with E-state index in [1.807, 2.05) is 42.1 Å². The first kappa shape index (κ1) is 13.3. The Morgan fingerprint density at radius 3 is 2.50 bits per heavy atom. The maximum absolute atomic E-state index is 12.8. The van der Waals surface area contributed by atoms with E-state index in [-0.39, 0.29) is 5.91 Å². The number of carbonyl (C=O) groups is 1. The Balaban J connectivity index is 1.85. The fourth-order valence-electron chi connectivity index (χ4n) is 3.69. The molecular formula is C16H23N3O. The zero-order chi connectivity index (χ0) is 14.3. The Bertz CT molecular complexity index is 514. The van der Waals surface area contributed by atoms with E-state index < -0.39 is 0 Å². The third-order valence-electron chi connectivity index (χ3n) is 4.75. The monoisotopic (exact) mass is 273 g/mol. The summed E-state index contributed by atoms with van der Waals surface area (Å²) in [7, 11) is 3.92. The molecule has 1 saturated carbocycles. The van der Waals surface area contributed by atoms with Gasteiger partial charge in [0.25, 0.3) is 5.91 Å². The molecular weight excluding hydrogens is 250 g/mol. The van der Waals surface area contributed by atoms with Gasteiger partial charge >= 0.3 is 0 Å². The van der Waals surface area contributed by atoms with Crippen LogP contribution < -0.4 is 10.6 Å². The molecule has 0 bridgehead atoms. The Kier molecular flexibility index (Phi) is 3.32. The maximum Gasteiger partial charge on any atom is 0.256 e. The molecule has 4 heteroatoms. The summed E-state index contributed by atoms with van der Waals surface area (Å²) < 4.78 is 0. The summed E-state index contributed by atoms with van der Waals surface area (Å²) in [6.45, 7) is 1.84. The summed E-state index contributed by atoms with van der Waals surface area (Å²) in [4.78, 5) is 16.8. The minimum absolute atomic E-state index is 0.135. The molecule has 108 valence electrons. The highest BCUT2D eigenvalue weighted by Crippen LogP contribution is 2.38. The smallest absolute Gasteiger partial charge is 0.256 e. The number of likely N-dealkylation sites (tertiary alicyclic amines) is 1. The lowest BCUT2D eigenvalue weighted by Gasteiger charge is -2.22. The molecule has 0 radical (unpaired) electrons. The lowest BCUT2D eigenvalue weighted by atomic mass is 10.0. The predicted octanol–water partition coefficient (Wildman–Crippen LogP) is 2.21. The van der Waals surface area contributed by atoms with Crippen molar-refractivity contribution in [2.75, 3.05) is 37.8 Å². The lowest BCUT2D eigenvalue weighted by molar-refractivity contribution is 0.0781.